The zero-order valence-electron chi connectivity index (χ0n) is 10.7. The Morgan fingerprint density at radius 2 is 2.06 bits per heavy atom. The van der Waals surface area contributed by atoms with Crippen LogP contribution in [0.1, 0.15) is 32.8 Å². The molecular weight excluding hydrogens is 234 g/mol. The minimum absolute atomic E-state index is 0.0343. The van der Waals surface area contributed by atoms with Crippen molar-refractivity contribution in [2.24, 2.45) is 5.41 Å². The van der Waals surface area contributed by atoms with Gasteiger partial charge in [-0.25, -0.2) is 0 Å². The van der Waals surface area contributed by atoms with Crippen LogP contribution in [0.3, 0.4) is 0 Å². The Morgan fingerprint density at radius 1 is 1.35 bits per heavy atom. The van der Waals surface area contributed by atoms with Crippen molar-refractivity contribution in [2.45, 2.75) is 33.6 Å². The summed E-state index contributed by atoms with van der Waals surface area (Å²) < 4.78 is 0. The van der Waals surface area contributed by atoms with Crippen LogP contribution in [0, 0.1) is 5.41 Å². The first kappa shape index (κ1) is 14.0. The highest BCUT2D eigenvalue weighted by atomic mass is 35.5. The van der Waals surface area contributed by atoms with Gasteiger partial charge in [0.15, 0.2) is 0 Å². The van der Waals surface area contributed by atoms with Crippen molar-refractivity contribution in [1.29, 1.82) is 0 Å². The summed E-state index contributed by atoms with van der Waals surface area (Å²) in [7, 11) is 0. The minimum Gasteiger partial charge on any atom is -0.326 e. The molecule has 1 aromatic rings. The lowest BCUT2D eigenvalue weighted by Crippen LogP contribution is -2.27. The summed E-state index contributed by atoms with van der Waals surface area (Å²) in [6.07, 6.45) is 1.90. The summed E-state index contributed by atoms with van der Waals surface area (Å²) in [5.74, 6) is 0.700. The van der Waals surface area contributed by atoms with E-state index >= 15 is 0 Å². The molecule has 1 aromatic carbocycles. The molecule has 1 rings (SSSR count). The van der Waals surface area contributed by atoms with E-state index in [1.54, 1.807) is 0 Å². The van der Waals surface area contributed by atoms with E-state index in [2.05, 4.69) is 11.4 Å². The lowest BCUT2D eigenvalue weighted by molar-refractivity contribution is -0.123. The summed E-state index contributed by atoms with van der Waals surface area (Å²) in [5, 5.41) is 2.93. The van der Waals surface area contributed by atoms with Crippen molar-refractivity contribution in [2.75, 3.05) is 11.2 Å². The van der Waals surface area contributed by atoms with E-state index in [9.17, 15) is 4.79 Å². The van der Waals surface area contributed by atoms with E-state index in [-0.39, 0.29) is 11.3 Å². The fraction of sp³-hybridized carbons (Fsp3) is 0.500. The number of nitrogens with one attached hydrogen (secondary N) is 1. The number of anilines is 1. The third-order valence-electron chi connectivity index (χ3n) is 2.47. The molecule has 0 aliphatic carbocycles. The minimum atomic E-state index is -0.369. The molecule has 3 heteroatoms. The third-order valence-corrected chi connectivity index (χ3v) is 2.73. The second-order valence-electron chi connectivity index (χ2n) is 5.20. The van der Waals surface area contributed by atoms with Crippen LogP contribution in [0.15, 0.2) is 24.3 Å². The number of aryl methyl sites for hydroxylation is 1. The van der Waals surface area contributed by atoms with Crippen LogP contribution in [-0.4, -0.2) is 11.8 Å². The average molecular weight is 254 g/mol. The fourth-order valence-electron chi connectivity index (χ4n) is 1.39. The number of amides is 1. The van der Waals surface area contributed by atoms with Crippen molar-refractivity contribution in [3.8, 4) is 0 Å². The molecule has 0 saturated carbocycles. The van der Waals surface area contributed by atoms with Gasteiger partial charge in [0.2, 0.25) is 5.91 Å². The van der Waals surface area contributed by atoms with Crippen LogP contribution >= 0.6 is 11.6 Å². The number of alkyl halides is 1. The highest BCUT2D eigenvalue weighted by Crippen LogP contribution is 2.18. The molecule has 0 spiro atoms. The van der Waals surface area contributed by atoms with Gasteiger partial charge in [0.1, 0.15) is 0 Å². The average Bonchev–Trinajstić information content (AvgIpc) is 2.25. The SMILES string of the molecule is CC(C)(C)C(=O)Nc1cccc(CCCCl)c1. The zero-order valence-corrected chi connectivity index (χ0v) is 11.5. The molecule has 94 valence electrons. The van der Waals surface area contributed by atoms with Gasteiger partial charge in [-0.15, -0.1) is 11.6 Å². The van der Waals surface area contributed by atoms with E-state index in [1.165, 1.54) is 5.56 Å². The molecule has 17 heavy (non-hydrogen) atoms. The predicted octanol–water partition coefficient (Wildman–Crippen LogP) is 3.84. The topological polar surface area (TPSA) is 29.1 Å². The fourth-order valence-corrected chi connectivity index (χ4v) is 1.53. The number of hydrogen-bond donors (Lipinski definition) is 1. The predicted molar refractivity (Wildman–Crippen MR) is 73.6 cm³/mol. The number of hydrogen-bond acceptors (Lipinski definition) is 1. The Kier molecular flexibility index (Phi) is 5.01. The largest absolute Gasteiger partial charge is 0.326 e. The highest BCUT2D eigenvalue weighted by Gasteiger charge is 2.20. The van der Waals surface area contributed by atoms with Crippen molar-refractivity contribution in [1.82, 2.24) is 0 Å². The molecule has 1 amide bonds. The molecule has 2 nitrogen and oxygen atoms in total. The number of benzene rings is 1. The first-order valence-corrected chi connectivity index (χ1v) is 6.43. The van der Waals surface area contributed by atoms with Gasteiger partial charge in [-0.1, -0.05) is 32.9 Å². The van der Waals surface area contributed by atoms with Crippen molar-refractivity contribution < 1.29 is 4.79 Å². The van der Waals surface area contributed by atoms with Gasteiger partial charge in [0.05, 0.1) is 0 Å². The van der Waals surface area contributed by atoms with Crippen LogP contribution in [-0.2, 0) is 11.2 Å². The quantitative estimate of drug-likeness (QED) is 0.812. The van der Waals surface area contributed by atoms with Crippen LogP contribution in [0.4, 0.5) is 5.69 Å². The second-order valence-corrected chi connectivity index (χ2v) is 5.58. The van der Waals surface area contributed by atoms with Crippen LogP contribution in [0.25, 0.3) is 0 Å². The monoisotopic (exact) mass is 253 g/mol. The molecule has 0 saturated heterocycles. The maximum absolute atomic E-state index is 11.8. The normalized spacial score (nSPS) is 11.3. The van der Waals surface area contributed by atoms with E-state index in [0.717, 1.165) is 18.5 Å². The Hall–Kier alpha value is -1.02. The Balaban J connectivity index is 2.69. The molecule has 0 bridgehead atoms. The number of carbonyl (C=O) groups is 1. The van der Waals surface area contributed by atoms with E-state index < -0.39 is 0 Å². The van der Waals surface area contributed by atoms with Gasteiger partial charge < -0.3 is 5.32 Å². The number of carbonyl (C=O) groups excluding carboxylic acids is 1. The smallest absolute Gasteiger partial charge is 0.229 e. The van der Waals surface area contributed by atoms with Gasteiger partial charge in [0.25, 0.3) is 0 Å². The second kappa shape index (κ2) is 6.06. The van der Waals surface area contributed by atoms with Crippen LogP contribution in [0.2, 0.25) is 0 Å². The summed E-state index contributed by atoms with van der Waals surface area (Å²) in [6.45, 7) is 5.71. The number of halogens is 1. The van der Waals surface area contributed by atoms with Gasteiger partial charge in [0, 0.05) is 17.0 Å². The number of rotatable bonds is 4. The van der Waals surface area contributed by atoms with Crippen LogP contribution < -0.4 is 5.32 Å². The molecule has 0 aromatic heterocycles. The molecule has 1 N–H and O–H groups in total. The molecule has 0 aliphatic heterocycles. The van der Waals surface area contributed by atoms with E-state index in [4.69, 9.17) is 11.6 Å². The summed E-state index contributed by atoms with van der Waals surface area (Å²) in [6, 6.07) is 7.94. The van der Waals surface area contributed by atoms with Gasteiger partial charge in [-0.2, -0.15) is 0 Å². The summed E-state index contributed by atoms with van der Waals surface area (Å²) >= 11 is 5.67. The lowest BCUT2D eigenvalue weighted by atomic mass is 9.95. The van der Waals surface area contributed by atoms with E-state index in [1.807, 2.05) is 39.0 Å². The Labute approximate surface area is 108 Å². The molecule has 0 unspecified atom stereocenters. The first-order chi connectivity index (χ1) is 7.93. The molecule has 0 aliphatic rings. The van der Waals surface area contributed by atoms with Gasteiger partial charge in [-0.05, 0) is 30.5 Å². The molecule has 0 atom stereocenters. The van der Waals surface area contributed by atoms with Crippen LogP contribution in [0.5, 0.6) is 0 Å². The van der Waals surface area contributed by atoms with Gasteiger partial charge >= 0.3 is 0 Å². The maximum atomic E-state index is 11.8. The van der Waals surface area contributed by atoms with Crippen molar-refractivity contribution >= 4 is 23.2 Å². The highest BCUT2D eigenvalue weighted by molar-refractivity contribution is 6.17. The maximum Gasteiger partial charge on any atom is 0.229 e. The summed E-state index contributed by atoms with van der Waals surface area (Å²) in [5.41, 5.74) is 1.70. The standard InChI is InChI=1S/C14H20ClNO/c1-14(2,3)13(17)16-12-8-4-6-11(10-12)7-5-9-15/h4,6,8,10H,5,7,9H2,1-3H3,(H,16,17). The van der Waals surface area contributed by atoms with Gasteiger partial charge in [-0.3, -0.25) is 4.79 Å². The molecule has 0 radical (unpaired) electrons. The zero-order chi connectivity index (χ0) is 12.9. The first-order valence-electron chi connectivity index (χ1n) is 5.90. The lowest BCUT2D eigenvalue weighted by Gasteiger charge is -2.18. The van der Waals surface area contributed by atoms with Crippen molar-refractivity contribution in [3.05, 3.63) is 29.8 Å². The van der Waals surface area contributed by atoms with Crippen molar-refractivity contribution in [3.63, 3.8) is 0 Å². The van der Waals surface area contributed by atoms with E-state index in [0.29, 0.717) is 5.88 Å². The Morgan fingerprint density at radius 3 is 2.65 bits per heavy atom. The Bertz CT molecular complexity index is 382. The summed E-state index contributed by atoms with van der Waals surface area (Å²) in [4.78, 5) is 11.8. The molecular formula is C14H20ClNO. The molecule has 0 fully saturated rings. The molecule has 0 heterocycles. The third kappa shape index (κ3) is 4.78.